The Bertz CT molecular complexity index is 2710. The summed E-state index contributed by atoms with van der Waals surface area (Å²) in [6.45, 7) is 0. The highest BCUT2D eigenvalue weighted by atomic mass is 16.3. The fourth-order valence-electron chi connectivity index (χ4n) is 7.32. The molecule has 0 aliphatic carbocycles. The van der Waals surface area contributed by atoms with Gasteiger partial charge >= 0.3 is 0 Å². The lowest BCUT2D eigenvalue weighted by Gasteiger charge is -2.18. The smallest absolute Gasteiger partial charge is 0.136 e. The first kappa shape index (κ1) is 23.7. The first-order chi connectivity index (χ1) is 21.8. The van der Waals surface area contributed by atoms with Crippen molar-refractivity contribution >= 4 is 76.2 Å². The highest BCUT2D eigenvalue weighted by Crippen LogP contribution is 2.46. The number of rotatable bonds is 2. The van der Waals surface area contributed by atoms with Crippen LogP contribution in [0.1, 0.15) is 0 Å². The number of para-hydroxylation sites is 1. The first-order valence-electron chi connectivity index (χ1n) is 15.0. The predicted molar refractivity (Wildman–Crippen MR) is 184 cm³/mol. The van der Waals surface area contributed by atoms with E-state index >= 15 is 0 Å². The SMILES string of the molecule is c1ccc2c(-c3c4ccccc4c(-c4ccc5oc6cc7c(cc6c5c4)oc4ccccc47)c4ccccc34)cccc2c1. The van der Waals surface area contributed by atoms with Crippen molar-refractivity contribution in [2.45, 2.75) is 0 Å². The number of hydrogen-bond acceptors (Lipinski definition) is 2. The molecule has 44 heavy (non-hydrogen) atoms. The van der Waals surface area contributed by atoms with Crippen LogP contribution in [0.3, 0.4) is 0 Å². The zero-order valence-corrected chi connectivity index (χ0v) is 23.7. The highest BCUT2D eigenvalue weighted by Gasteiger charge is 2.19. The van der Waals surface area contributed by atoms with Gasteiger partial charge in [0.15, 0.2) is 0 Å². The molecule has 10 aromatic rings. The lowest BCUT2D eigenvalue weighted by atomic mass is 9.84. The van der Waals surface area contributed by atoms with Crippen LogP contribution in [0.5, 0.6) is 0 Å². The Labute approximate surface area is 252 Å². The molecule has 0 aliphatic rings. The molecule has 2 heteroatoms. The summed E-state index contributed by atoms with van der Waals surface area (Å²) in [5.74, 6) is 0. The molecule has 8 aromatic carbocycles. The van der Waals surface area contributed by atoms with Gasteiger partial charge < -0.3 is 8.83 Å². The Balaban J connectivity index is 1.28. The van der Waals surface area contributed by atoms with Crippen LogP contribution in [-0.2, 0) is 0 Å². The Morgan fingerprint density at radius 3 is 1.50 bits per heavy atom. The summed E-state index contributed by atoms with van der Waals surface area (Å²) in [5.41, 5.74) is 8.46. The van der Waals surface area contributed by atoms with Crippen molar-refractivity contribution in [2.24, 2.45) is 0 Å². The lowest BCUT2D eigenvalue weighted by molar-refractivity contribution is 0.664. The molecule has 0 spiro atoms. The maximum absolute atomic E-state index is 6.42. The molecule has 0 saturated heterocycles. The van der Waals surface area contributed by atoms with Crippen molar-refractivity contribution in [3.63, 3.8) is 0 Å². The monoisotopic (exact) mass is 560 g/mol. The highest BCUT2D eigenvalue weighted by molar-refractivity contribution is 6.24. The molecule has 0 unspecified atom stereocenters. The molecule has 10 rings (SSSR count). The zero-order chi connectivity index (χ0) is 28.8. The molecule has 0 radical (unpaired) electrons. The maximum atomic E-state index is 6.42. The van der Waals surface area contributed by atoms with E-state index in [-0.39, 0.29) is 0 Å². The summed E-state index contributed by atoms with van der Waals surface area (Å²) < 4.78 is 12.7. The van der Waals surface area contributed by atoms with E-state index in [4.69, 9.17) is 8.83 Å². The van der Waals surface area contributed by atoms with Crippen LogP contribution >= 0.6 is 0 Å². The molecular weight excluding hydrogens is 536 g/mol. The van der Waals surface area contributed by atoms with Crippen molar-refractivity contribution in [1.82, 2.24) is 0 Å². The third kappa shape index (κ3) is 3.25. The molecule has 204 valence electrons. The molecule has 0 bridgehead atoms. The molecule has 0 N–H and O–H groups in total. The van der Waals surface area contributed by atoms with Crippen LogP contribution in [0.15, 0.2) is 154 Å². The van der Waals surface area contributed by atoms with E-state index in [2.05, 4.69) is 127 Å². The van der Waals surface area contributed by atoms with Gasteiger partial charge in [-0.15, -0.1) is 0 Å². The third-order valence-corrected chi connectivity index (χ3v) is 9.25. The summed E-state index contributed by atoms with van der Waals surface area (Å²) in [6, 6.07) is 52.0. The summed E-state index contributed by atoms with van der Waals surface area (Å²) in [6.07, 6.45) is 0. The maximum Gasteiger partial charge on any atom is 0.136 e. The van der Waals surface area contributed by atoms with Crippen molar-refractivity contribution in [1.29, 1.82) is 0 Å². The van der Waals surface area contributed by atoms with Crippen LogP contribution in [0, 0.1) is 0 Å². The summed E-state index contributed by atoms with van der Waals surface area (Å²) in [5, 5.41) is 11.8. The van der Waals surface area contributed by atoms with Crippen molar-refractivity contribution < 1.29 is 8.83 Å². The van der Waals surface area contributed by atoms with Crippen molar-refractivity contribution in [3.05, 3.63) is 146 Å². The lowest BCUT2D eigenvalue weighted by Crippen LogP contribution is -1.91. The van der Waals surface area contributed by atoms with Crippen LogP contribution < -0.4 is 0 Å². The molecule has 0 amide bonds. The Morgan fingerprint density at radius 2 is 0.795 bits per heavy atom. The van der Waals surface area contributed by atoms with Gasteiger partial charge in [-0.3, -0.25) is 0 Å². The minimum absolute atomic E-state index is 0.872. The van der Waals surface area contributed by atoms with Gasteiger partial charge in [0, 0.05) is 21.5 Å². The molecule has 2 heterocycles. The molecule has 2 aromatic heterocycles. The van der Waals surface area contributed by atoms with Gasteiger partial charge in [0.25, 0.3) is 0 Å². The van der Waals surface area contributed by atoms with Gasteiger partial charge in [-0.2, -0.15) is 0 Å². The normalized spacial score (nSPS) is 12.1. The fraction of sp³-hybridized carbons (Fsp3) is 0. The third-order valence-electron chi connectivity index (χ3n) is 9.25. The fourth-order valence-corrected chi connectivity index (χ4v) is 7.32. The van der Waals surface area contributed by atoms with Crippen LogP contribution in [0.2, 0.25) is 0 Å². The Morgan fingerprint density at radius 1 is 0.295 bits per heavy atom. The van der Waals surface area contributed by atoms with Gasteiger partial charge in [0.05, 0.1) is 0 Å². The van der Waals surface area contributed by atoms with Crippen LogP contribution in [0.4, 0.5) is 0 Å². The van der Waals surface area contributed by atoms with Crippen LogP contribution in [-0.4, -0.2) is 0 Å². The van der Waals surface area contributed by atoms with Gasteiger partial charge in [-0.05, 0) is 84.9 Å². The summed E-state index contributed by atoms with van der Waals surface area (Å²) in [7, 11) is 0. The minimum Gasteiger partial charge on any atom is -0.456 e. The molecule has 0 aliphatic heterocycles. The zero-order valence-electron chi connectivity index (χ0n) is 23.7. The van der Waals surface area contributed by atoms with E-state index in [1.54, 1.807) is 0 Å². The Hall–Kier alpha value is -5.86. The quantitative estimate of drug-likeness (QED) is 0.197. The number of fused-ring (bicyclic) bond motifs is 9. The van der Waals surface area contributed by atoms with Gasteiger partial charge in [0.1, 0.15) is 22.3 Å². The van der Waals surface area contributed by atoms with Crippen molar-refractivity contribution in [3.8, 4) is 22.3 Å². The van der Waals surface area contributed by atoms with E-state index < -0.39 is 0 Å². The molecule has 0 atom stereocenters. The number of hydrogen-bond donors (Lipinski definition) is 0. The second kappa shape index (κ2) is 8.82. The number of furan rings is 2. The van der Waals surface area contributed by atoms with Gasteiger partial charge in [0.2, 0.25) is 0 Å². The molecule has 2 nitrogen and oxygen atoms in total. The average molecular weight is 561 g/mol. The van der Waals surface area contributed by atoms with E-state index in [0.29, 0.717) is 0 Å². The average Bonchev–Trinajstić information content (AvgIpc) is 3.62. The van der Waals surface area contributed by atoms with E-state index in [0.717, 1.165) is 43.9 Å². The standard InChI is InChI=1S/C42H24O2/c1-2-12-27-25(10-1)11-9-18-29(27)42-32-16-5-3-14-30(32)41(31-15-4-6-17-33(31)42)26-20-21-38-34(22-26)36-24-39-35(23-40(36)44-38)28-13-7-8-19-37(28)43-39/h1-24H. The number of benzene rings is 8. The van der Waals surface area contributed by atoms with Crippen LogP contribution in [0.25, 0.3) is 98.4 Å². The minimum atomic E-state index is 0.872. The Kier molecular flexibility index (Phi) is 4.75. The molecule has 0 fully saturated rings. The first-order valence-corrected chi connectivity index (χ1v) is 15.0. The van der Waals surface area contributed by atoms with Gasteiger partial charge in [-0.1, -0.05) is 115 Å². The predicted octanol–water partition coefficient (Wildman–Crippen LogP) is 12.3. The second-order valence-corrected chi connectivity index (χ2v) is 11.6. The topological polar surface area (TPSA) is 26.3 Å². The summed E-state index contributed by atoms with van der Waals surface area (Å²) in [4.78, 5) is 0. The van der Waals surface area contributed by atoms with Crippen molar-refractivity contribution in [2.75, 3.05) is 0 Å². The van der Waals surface area contributed by atoms with E-state index in [1.807, 2.05) is 18.2 Å². The van der Waals surface area contributed by atoms with E-state index in [1.165, 1.54) is 54.6 Å². The molecular formula is C42H24O2. The van der Waals surface area contributed by atoms with E-state index in [9.17, 15) is 0 Å². The van der Waals surface area contributed by atoms with Gasteiger partial charge in [-0.25, -0.2) is 0 Å². The molecule has 0 saturated carbocycles. The largest absolute Gasteiger partial charge is 0.456 e. The summed E-state index contributed by atoms with van der Waals surface area (Å²) >= 11 is 0. The second-order valence-electron chi connectivity index (χ2n) is 11.6.